The number of nitrogens with one attached hydrogen (secondary N) is 1. The van der Waals surface area contributed by atoms with E-state index < -0.39 is 0 Å². The van der Waals surface area contributed by atoms with E-state index in [-0.39, 0.29) is 17.7 Å². The normalized spacial score (nSPS) is 25.9. The molecule has 1 N–H and O–H groups in total. The molecular formula is C28H37N3O3. The highest BCUT2D eigenvalue weighted by Crippen LogP contribution is 2.39. The van der Waals surface area contributed by atoms with Crippen molar-refractivity contribution in [3.05, 3.63) is 35.0 Å². The summed E-state index contributed by atoms with van der Waals surface area (Å²) in [4.78, 5) is 28.0. The number of hydrogen-bond acceptors (Lipinski definition) is 3. The first-order chi connectivity index (χ1) is 16.6. The maximum absolute atomic E-state index is 13.5. The number of aromatic nitrogens is 1. The van der Waals surface area contributed by atoms with Gasteiger partial charge in [0.05, 0.1) is 5.92 Å². The second-order valence-corrected chi connectivity index (χ2v) is 11.0. The Bertz CT molecular complexity index is 1100. The number of hydrogen-bond donors (Lipinski definition) is 1. The monoisotopic (exact) mass is 463 g/mol. The van der Waals surface area contributed by atoms with E-state index in [1.165, 1.54) is 41.4 Å². The van der Waals surface area contributed by atoms with Gasteiger partial charge in [0, 0.05) is 61.6 Å². The average molecular weight is 464 g/mol. The van der Waals surface area contributed by atoms with Crippen molar-refractivity contribution >= 4 is 22.7 Å². The van der Waals surface area contributed by atoms with Gasteiger partial charge >= 0.3 is 0 Å². The van der Waals surface area contributed by atoms with E-state index in [2.05, 4.69) is 29.1 Å². The molecule has 1 aromatic heterocycles. The molecule has 182 valence electrons. The Labute approximate surface area is 202 Å². The largest absolute Gasteiger partial charge is 0.381 e. The molecule has 2 aliphatic carbocycles. The summed E-state index contributed by atoms with van der Waals surface area (Å²) in [6.07, 6.45) is 9.81. The van der Waals surface area contributed by atoms with Crippen LogP contribution in [0.1, 0.15) is 66.6 Å². The first-order valence-electron chi connectivity index (χ1n) is 13.4. The van der Waals surface area contributed by atoms with Crippen molar-refractivity contribution in [1.82, 2.24) is 14.8 Å². The van der Waals surface area contributed by atoms with E-state index in [0.717, 1.165) is 69.8 Å². The molecule has 3 fully saturated rings. The highest BCUT2D eigenvalue weighted by Gasteiger charge is 2.33. The van der Waals surface area contributed by atoms with Gasteiger partial charge in [0.15, 0.2) is 0 Å². The molecular weight excluding hydrogens is 426 g/mol. The van der Waals surface area contributed by atoms with E-state index in [1.54, 1.807) is 0 Å². The molecule has 2 aliphatic heterocycles. The molecule has 1 aromatic carbocycles. The minimum atomic E-state index is -0.0771. The van der Waals surface area contributed by atoms with E-state index >= 15 is 0 Å². The Balaban J connectivity index is 1.23. The zero-order valence-corrected chi connectivity index (χ0v) is 20.4. The third kappa shape index (κ3) is 4.15. The van der Waals surface area contributed by atoms with Gasteiger partial charge in [-0.3, -0.25) is 9.59 Å². The van der Waals surface area contributed by atoms with Crippen molar-refractivity contribution < 1.29 is 14.3 Å². The second-order valence-electron chi connectivity index (χ2n) is 11.0. The molecule has 1 saturated carbocycles. The van der Waals surface area contributed by atoms with Gasteiger partial charge in [-0.25, -0.2) is 0 Å². The van der Waals surface area contributed by atoms with Gasteiger partial charge in [0.2, 0.25) is 5.91 Å². The molecule has 6 nitrogen and oxygen atoms in total. The fourth-order valence-electron chi connectivity index (χ4n) is 6.63. The number of ether oxygens (including phenoxy) is 1. The third-order valence-electron chi connectivity index (χ3n) is 8.84. The highest BCUT2D eigenvalue weighted by atomic mass is 16.5. The number of piperidine rings is 1. The molecule has 1 unspecified atom stereocenters. The molecule has 3 heterocycles. The van der Waals surface area contributed by atoms with Gasteiger partial charge in [-0.1, -0.05) is 0 Å². The highest BCUT2D eigenvalue weighted by molar-refractivity contribution is 5.99. The van der Waals surface area contributed by atoms with Crippen LogP contribution >= 0.6 is 0 Å². The summed E-state index contributed by atoms with van der Waals surface area (Å²) < 4.78 is 7.95. The van der Waals surface area contributed by atoms with Crippen LogP contribution in [0.25, 0.3) is 10.9 Å². The summed E-state index contributed by atoms with van der Waals surface area (Å²) in [5.74, 6) is 1.60. The predicted molar refractivity (Wildman–Crippen MR) is 132 cm³/mol. The van der Waals surface area contributed by atoms with Gasteiger partial charge in [-0.05, 0) is 93.4 Å². The van der Waals surface area contributed by atoms with Gasteiger partial charge < -0.3 is 19.5 Å². The molecule has 0 bridgehead atoms. The Morgan fingerprint density at radius 1 is 1.03 bits per heavy atom. The molecule has 0 radical (unpaired) electrons. The van der Waals surface area contributed by atoms with Crippen molar-refractivity contribution in [2.45, 2.75) is 63.8 Å². The number of amides is 2. The van der Waals surface area contributed by atoms with Crippen LogP contribution in [0.15, 0.2) is 18.2 Å². The van der Waals surface area contributed by atoms with Crippen LogP contribution in [0.4, 0.5) is 0 Å². The zero-order valence-electron chi connectivity index (χ0n) is 20.4. The fraction of sp³-hybridized carbons (Fsp3) is 0.643. The summed E-state index contributed by atoms with van der Waals surface area (Å²) in [6, 6.07) is 6.62. The number of aryl methyl sites for hydroxylation is 1. The van der Waals surface area contributed by atoms with Crippen LogP contribution in [-0.4, -0.2) is 53.6 Å². The minimum Gasteiger partial charge on any atom is -0.381 e. The molecule has 4 aliphatic rings. The predicted octanol–water partition coefficient (Wildman–Crippen LogP) is 3.84. The number of carbonyl (C=O) groups is 2. The number of likely N-dealkylation sites (tertiary alicyclic amines) is 1. The van der Waals surface area contributed by atoms with E-state index in [1.807, 2.05) is 11.0 Å². The van der Waals surface area contributed by atoms with Crippen LogP contribution in [0.5, 0.6) is 0 Å². The summed E-state index contributed by atoms with van der Waals surface area (Å²) in [6.45, 7) is 3.08. The maximum atomic E-state index is 13.5. The van der Waals surface area contributed by atoms with Crippen molar-refractivity contribution in [3.8, 4) is 0 Å². The van der Waals surface area contributed by atoms with Crippen molar-refractivity contribution in [2.75, 3.05) is 26.3 Å². The van der Waals surface area contributed by atoms with Gasteiger partial charge in [-0.15, -0.1) is 0 Å². The number of fused-ring (bicyclic) bond motifs is 3. The van der Waals surface area contributed by atoms with Gasteiger partial charge in [0.25, 0.3) is 5.91 Å². The Morgan fingerprint density at radius 3 is 2.65 bits per heavy atom. The van der Waals surface area contributed by atoms with Crippen LogP contribution < -0.4 is 5.32 Å². The van der Waals surface area contributed by atoms with Crippen molar-refractivity contribution in [1.29, 1.82) is 0 Å². The lowest BCUT2D eigenvalue weighted by molar-refractivity contribution is -0.126. The quantitative estimate of drug-likeness (QED) is 0.749. The van der Waals surface area contributed by atoms with E-state index in [4.69, 9.17) is 4.74 Å². The van der Waals surface area contributed by atoms with Crippen LogP contribution in [-0.2, 0) is 29.4 Å². The SMILES string of the molecule is Cn1c2c(c3cc(C(=O)N4CCC[C@H](C(=O)NC5CC5)C4)ccc31)CC(C1CCOCC1)CC2. The average Bonchev–Trinajstić information content (AvgIpc) is 3.67. The Morgan fingerprint density at radius 2 is 1.85 bits per heavy atom. The molecule has 2 saturated heterocycles. The van der Waals surface area contributed by atoms with Crippen molar-refractivity contribution in [2.24, 2.45) is 24.8 Å². The molecule has 6 rings (SSSR count). The fourth-order valence-corrected chi connectivity index (χ4v) is 6.63. The Kier molecular flexibility index (Phi) is 5.88. The first-order valence-corrected chi connectivity index (χ1v) is 13.4. The van der Waals surface area contributed by atoms with E-state index in [9.17, 15) is 9.59 Å². The van der Waals surface area contributed by atoms with Crippen LogP contribution in [0.2, 0.25) is 0 Å². The summed E-state index contributed by atoms with van der Waals surface area (Å²) in [5, 5.41) is 4.38. The Hall–Kier alpha value is -2.34. The molecule has 34 heavy (non-hydrogen) atoms. The number of benzene rings is 1. The summed E-state index contributed by atoms with van der Waals surface area (Å²) >= 11 is 0. The number of nitrogens with zero attached hydrogens (tertiary/aromatic N) is 2. The van der Waals surface area contributed by atoms with Crippen LogP contribution in [0, 0.1) is 17.8 Å². The van der Waals surface area contributed by atoms with Gasteiger partial charge in [0.1, 0.15) is 0 Å². The molecule has 2 amide bonds. The maximum Gasteiger partial charge on any atom is 0.253 e. The number of carbonyl (C=O) groups excluding carboxylic acids is 2. The third-order valence-corrected chi connectivity index (χ3v) is 8.84. The molecule has 2 aromatic rings. The lowest BCUT2D eigenvalue weighted by Gasteiger charge is -2.33. The molecule has 6 heteroatoms. The lowest BCUT2D eigenvalue weighted by Crippen LogP contribution is -2.45. The zero-order chi connectivity index (χ0) is 23.2. The lowest BCUT2D eigenvalue weighted by atomic mass is 9.75. The topological polar surface area (TPSA) is 63.6 Å². The molecule has 0 spiro atoms. The summed E-state index contributed by atoms with van der Waals surface area (Å²) in [5.41, 5.74) is 4.89. The molecule has 2 atom stereocenters. The second kappa shape index (κ2) is 9.03. The van der Waals surface area contributed by atoms with Gasteiger partial charge in [-0.2, -0.15) is 0 Å². The van der Waals surface area contributed by atoms with Crippen LogP contribution in [0.3, 0.4) is 0 Å². The first kappa shape index (κ1) is 22.1. The van der Waals surface area contributed by atoms with Crippen molar-refractivity contribution in [3.63, 3.8) is 0 Å². The van der Waals surface area contributed by atoms with E-state index in [0.29, 0.717) is 18.5 Å². The minimum absolute atomic E-state index is 0.0696. The number of rotatable bonds is 4. The smallest absolute Gasteiger partial charge is 0.253 e. The standard InChI is InChI=1S/C28H37N3O3/c1-30-25-8-4-19(18-10-13-34-14-11-18)15-23(25)24-16-20(5-9-26(24)30)28(33)31-12-2-3-21(17-31)27(32)29-22-6-7-22/h5,9,16,18-19,21-22H,2-4,6-8,10-15,17H2,1H3,(H,29,32)/t19?,21-/m0/s1. The summed E-state index contributed by atoms with van der Waals surface area (Å²) in [7, 11) is 2.17.